The zero-order valence-corrected chi connectivity index (χ0v) is 17.7. The Morgan fingerprint density at radius 2 is 2.00 bits per heavy atom. The van der Waals surface area contributed by atoms with Crippen molar-refractivity contribution in [2.75, 3.05) is 10.6 Å². The summed E-state index contributed by atoms with van der Waals surface area (Å²) in [7, 11) is 0. The second-order valence-corrected chi connectivity index (χ2v) is 9.43. The van der Waals surface area contributed by atoms with Gasteiger partial charge >= 0.3 is 6.03 Å². The lowest BCUT2D eigenvalue weighted by atomic mass is 9.70. The summed E-state index contributed by atoms with van der Waals surface area (Å²) in [6.45, 7) is 8.69. The summed E-state index contributed by atoms with van der Waals surface area (Å²) in [6, 6.07) is 7.32. The molecule has 28 heavy (non-hydrogen) atoms. The van der Waals surface area contributed by atoms with Gasteiger partial charge in [-0.05, 0) is 55.2 Å². The van der Waals surface area contributed by atoms with Crippen LogP contribution in [0.25, 0.3) is 0 Å². The number of aryl methyl sites for hydroxylation is 1. The van der Waals surface area contributed by atoms with Crippen LogP contribution in [0.1, 0.15) is 56.1 Å². The van der Waals surface area contributed by atoms with Gasteiger partial charge in [0.15, 0.2) is 5.13 Å². The number of urea groups is 1. The Balaban J connectivity index is 1.56. The monoisotopic (exact) mass is 400 g/mol. The first-order valence-electron chi connectivity index (χ1n) is 9.61. The SMILES string of the molecule is Cc1cccc(NC(=O)Nc2nc(C(=O)NC3CC(C)CC(C)(C)C3)cs2)c1. The minimum atomic E-state index is -0.380. The molecule has 6 nitrogen and oxygen atoms in total. The third kappa shape index (κ3) is 5.55. The van der Waals surface area contributed by atoms with E-state index in [1.54, 1.807) is 5.38 Å². The van der Waals surface area contributed by atoms with Crippen molar-refractivity contribution in [1.29, 1.82) is 0 Å². The van der Waals surface area contributed by atoms with Gasteiger partial charge in [0, 0.05) is 17.1 Å². The highest BCUT2D eigenvalue weighted by Crippen LogP contribution is 2.38. The number of nitrogens with zero attached hydrogens (tertiary/aromatic N) is 1. The van der Waals surface area contributed by atoms with Crippen LogP contribution in [0.5, 0.6) is 0 Å². The summed E-state index contributed by atoms with van der Waals surface area (Å²) in [4.78, 5) is 29.0. The first-order chi connectivity index (χ1) is 13.2. The topological polar surface area (TPSA) is 83.1 Å². The van der Waals surface area contributed by atoms with Crippen molar-refractivity contribution in [1.82, 2.24) is 10.3 Å². The molecule has 2 unspecified atom stereocenters. The number of anilines is 2. The zero-order valence-electron chi connectivity index (χ0n) is 16.8. The molecule has 0 spiro atoms. The highest BCUT2D eigenvalue weighted by molar-refractivity contribution is 7.14. The van der Waals surface area contributed by atoms with Gasteiger partial charge in [-0.25, -0.2) is 9.78 Å². The summed E-state index contributed by atoms with van der Waals surface area (Å²) < 4.78 is 0. The number of benzene rings is 1. The summed E-state index contributed by atoms with van der Waals surface area (Å²) in [5, 5.41) is 10.6. The molecule has 2 aromatic rings. The van der Waals surface area contributed by atoms with E-state index < -0.39 is 0 Å². The van der Waals surface area contributed by atoms with E-state index in [1.807, 2.05) is 31.2 Å². The number of amides is 3. The fourth-order valence-corrected chi connectivity index (χ4v) is 4.82. The van der Waals surface area contributed by atoms with Crippen molar-refractivity contribution < 1.29 is 9.59 Å². The molecule has 1 fully saturated rings. The molecule has 1 aliphatic rings. The van der Waals surface area contributed by atoms with Gasteiger partial charge in [-0.3, -0.25) is 10.1 Å². The number of hydrogen-bond acceptors (Lipinski definition) is 4. The molecule has 3 rings (SSSR count). The third-order valence-electron chi connectivity index (χ3n) is 4.96. The maximum absolute atomic E-state index is 12.6. The van der Waals surface area contributed by atoms with E-state index in [-0.39, 0.29) is 23.4 Å². The number of nitrogens with one attached hydrogen (secondary N) is 3. The van der Waals surface area contributed by atoms with Crippen molar-refractivity contribution in [3.05, 3.63) is 40.9 Å². The number of carbonyl (C=O) groups is 2. The van der Waals surface area contributed by atoms with Gasteiger partial charge in [-0.1, -0.05) is 32.9 Å². The van der Waals surface area contributed by atoms with Crippen LogP contribution in [0.3, 0.4) is 0 Å². The molecule has 1 heterocycles. The van der Waals surface area contributed by atoms with Crippen molar-refractivity contribution in [3.63, 3.8) is 0 Å². The molecule has 0 saturated heterocycles. The first-order valence-corrected chi connectivity index (χ1v) is 10.5. The molecule has 1 aromatic heterocycles. The maximum atomic E-state index is 12.6. The molecule has 1 aromatic carbocycles. The van der Waals surface area contributed by atoms with Crippen LogP contribution >= 0.6 is 11.3 Å². The molecular weight excluding hydrogens is 372 g/mol. The van der Waals surface area contributed by atoms with Gasteiger partial charge in [-0.15, -0.1) is 11.3 Å². The van der Waals surface area contributed by atoms with E-state index in [0.29, 0.717) is 22.4 Å². The molecule has 0 bridgehead atoms. The van der Waals surface area contributed by atoms with Crippen LogP contribution in [0.15, 0.2) is 29.6 Å². The van der Waals surface area contributed by atoms with E-state index in [1.165, 1.54) is 17.8 Å². The standard InChI is InChI=1S/C21H28N4O2S/c1-13-6-5-7-15(8-13)23-19(27)25-20-24-17(12-28-20)18(26)22-16-9-14(2)10-21(3,4)11-16/h5-8,12,14,16H,9-11H2,1-4H3,(H,22,26)(H2,23,24,25,27). The van der Waals surface area contributed by atoms with E-state index in [4.69, 9.17) is 0 Å². The summed E-state index contributed by atoms with van der Waals surface area (Å²) in [6.07, 6.45) is 3.14. The van der Waals surface area contributed by atoms with E-state index in [9.17, 15) is 9.59 Å². The predicted octanol–water partition coefficient (Wildman–Crippen LogP) is 5.04. The van der Waals surface area contributed by atoms with Crippen molar-refractivity contribution in [2.24, 2.45) is 11.3 Å². The quantitative estimate of drug-likeness (QED) is 0.672. The molecule has 0 aliphatic heterocycles. The van der Waals surface area contributed by atoms with Gasteiger partial charge in [0.25, 0.3) is 5.91 Å². The minimum Gasteiger partial charge on any atom is -0.348 e. The Labute approximate surface area is 170 Å². The lowest BCUT2D eigenvalue weighted by Crippen LogP contribution is -2.43. The zero-order chi connectivity index (χ0) is 20.3. The Bertz CT molecular complexity index is 862. The molecule has 0 radical (unpaired) electrons. The fourth-order valence-electron chi connectivity index (χ4n) is 4.13. The van der Waals surface area contributed by atoms with Gasteiger partial charge in [0.05, 0.1) is 0 Å². The van der Waals surface area contributed by atoms with Gasteiger partial charge in [0.2, 0.25) is 0 Å². The largest absolute Gasteiger partial charge is 0.348 e. The lowest BCUT2D eigenvalue weighted by molar-refractivity contribution is 0.0870. The molecule has 1 aliphatic carbocycles. The fraction of sp³-hybridized carbons (Fsp3) is 0.476. The molecule has 7 heteroatoms. The number of thiazole rings is 1. The second kappa shape index (κ2) is 8.31. The molecular formula is C21H28N4O2S. The van der Waals surface area contributed by atoms with E-state index in [0.717, 1.165) is 18.4 Å². The average Bonchev–Trinajstić information content (AvgIpc) is 3.01. The summed E-state index contributed by atoms with van der Waals surface area (Å²) in [5.74, 6) is 0.408. The Hall–Kier alpha value is -2.41. The molecule has 150 valence electrons. The van der Waals surface area contributed by atoms with Crippen LogP contribution in [-0.2, 0) is 0 Å². The highest BCUT2D eigenvalue weighted by atomic mass is 32.1. The van der Waals surface area contributed by atoms with Crippen LogP contribution < -0.4 is 16.0 Å². The Morgan fingerprint density at radius 1 is 1.21 bits per heavy atom. The number of hydrogen-bond donors (Lipinski definition) is 3. The van der Waals surface area contributed by atoms with Crippen molar-refractivity contribution in [3.8, 4) is 0 Å². The first kappa shape index (κ1) is 20.3. The van der Waals surface area contributed by atoms with Crippen molar-refractivity contribution in [2.45, 2.75) is 53.0 Å². The van der Waals surface area contributed by atoms with E-state index in [2.05, 4.69) is 41.7 Å². The normalized spacial score (nSPS) is 21.0. The molecule has 1 saturated carbocycles. The number of rotatable bonds is 4. The molecule has 3 amide bonds. The van der Waals surface area contributed by atoms with Crippen LogP contribution in [0, 0.1) is 18.3 Å². The number of aromatic nitrogens is 1. The smallest absolute Gasteiger partial charge is 0.325 e. The maximum Gasteiger partial charge on any atom is 0.325 e. The van der Waals surface area contributed by atoms with Gasteiger partial charge < -0.3 is 10.6 Å². The van der Waals surface area contributed by atoms with Crippen LogP contribution in [-0.4, -0.2) is 23.0 Å². The lowest BCUT2D eigenvalue weighted by Gasteiger charge is -2.39. The average molecular weight is 401 g/mol. The summed E-state index contributed by atoms with van der Waals surface area (Å²) >= 11 is 1.24. The number of carbonyl (C=O) groups excluding carboxylic acids is 2. The molecule has 3 N–H and O–H groups in total. The predicted molar refractivity (Wildman–Crippen MR) is 114 cm³/mol. The third-order valence-corrected chi connectivity index (χ3v) is 5.71. The van der Waals surface area contributed by atoms with E-state index >= 15 is 0 Å². The molecule has 2 atom stereocenters. The van der Waals surface area contributed by atoms with Gasteiger partial charge in [0.1, 0.15) is 5.69 Å². The van der Waals surface area contributed by atoms with Crippen molar-refractivity contribution >= 4 is 34.1 Å². The van der Waals surface area contributed by atoms with Crippen LogP contribution in [0.2, 0.25) is 0 Å². The highest BCUT2D eigenvalue weighted by Gasteiger charge is 2.33. The van der Waals surface area contributed by atoms with Crippen LogP contribution in [0.4, 0.5) is 15.6 Å². The Morgan fingerprint density at radius 3 is 2.71 bits per heavy atom. The minimum absolute atomic E-state index is 0.161. The Kier molecular flexibility index (Phi) is 6.03. The second-order valence-electron chi connectivity index (χ2n) is 8.57. The summed E-state index contributed by atoms with van der Waals surface area (Å²) in [5.41, 5.74) is 2.34. The van der Waals surface area contributed by atoms with Gasteiger partial charge in [-0.2, -0.15) is 0 Å².